The van der Waals surface area contributed by atoms with Crippen LogP contribution in [-0.2, 0) is 11.3 Å². The Bertz CT molecular complexity index is 822. The maximum absolute atomic E-state index is 11.7. The molecule has 0 radical (unpaired) electrons. The van der Waals surface area contributed by atoms with Gasteiger partial charge >= 0.3 is 5.97 Å². The van der Waals surface area contributed by atoms with E-state index in [2.05, 4.69) is 23.6 Å². The minimum atomic E-state index is -0.337. The lowest BCUT2D eigenvalue weighted by atomic mass is 10.2. The van der Waals surface area contributed by atoms with Gasteiger partial charge in [0.05, 0.1) is 23.7 Å². The third-order valence-corrected chi connectivity index (χ3v) is 3.94. The predicted octanol–water partition coefficient (Wildman–Crippen LogP) is 4.29. The molecule has 1 heterocycles. The number of hydrogen-bond acceptors (Lipinski definition) is 3. The third kappa shape index (κ3) is 2.97. The van der Waals surface area contributed by atoms with Crippen LogP contribution >= 0.6 is 0 Å². The number of unbranched alkanes of at least 4 members (excludes halogenated alkanes) is 1. The highest BCUT2D eigenvalue weighted by Crippen LogP contribution is 2.26. The molecule has 1 aromatic heterocycles. The van der Waals surface area contributed by atoms with Crippen LogP contribution in [0.2, 0.25) is 0 Å². The summed E-state index contributed by atoms with van der Waals surface area (Å²) in [5.41, 5.74) is 3.48. The van der Waals surface area contributed by atoms with Gasteiger partial charge in [-0.05, 0) is 24.6 Å². The topological polar surface area (TPSA) is 44.1 Å². The molecular formula is C19H20N2O2. The Morgan fingerprint density at radius 2 is 1.96 bits per heavy atom. The molecule has 23 heavy (non-hydrogen) atoms. The molecule has 0 amide bonds. The summed E-state index contributed by atoms with van der Waals surface area (Å²) in [6, 6.07) is 15.7. The molecule has 2 aromatic carbocycles. The van der Waals surface area contributed by atoms with E-state index in [1.165, 1.54) is 7.11 Å². The molecule has 0 aliphatic rings. The minimum absolute atomic E-state index is 0.337. The van der Waals surface area contributed by atoms with Crippen LogP contribution in [0.15, 0.2) is 48.5 Å². The van der Waals surface area contributed by atoms with E-state index in [-0.39, 0.29) is 5.97 Å². The molecule has 3 rings (SSSR count). The highest BCUT2D eigenvalue weighted by atomic mass is 16.5. The fourth-order valence-electron chi connectivity index (χ4n) is 2.72. The van der Waals surface area contributed by atoms with Crippen molar-refractivity contribution in [2.24, 2.45) is 0 Å². The van der Waals surface area contributed by atoms with Crippen LogP contribution in [0.5, 0.6) is 0 Å². The van der Waals surface area contributed by atoms with E-state index in [0.29, 0.717) is 5.56 Å². The summed E-state index contributed by atoms with van der Waals surface area (Å²) in [6.07, 6.45) is 2.21. The van der Waals surface area contributed by atoms with Gasteiger partial charge in [0.1, 0.15) is 5.82 Å². The number of carbonyl (C=O) groups is 1. The van der Waals surface area contributed by atoms with E-state index in [1.54, 1.807) is 12.1 Å². The Balaban J connectivity index is 2.15. The Hall–Kier alpha value is -2.62. The van der Waals surface area contributed by atoms with Gasteiger partial charge in [-0.25, -0.2) is 9.78 Å². The van der Waals surface area contributed by atoms with Crippen molar-refractivity contribution in [2.75, 3.05) is 7.11 Å². The van der Waals surface area contributed by atoms with Gasteiger partial charge in [0.2, 0.25) is 0 Å². The van der Waals surface area contributed by atoms with Crippen LogP contribution in [0.25, 0.3) is 22.4 Å². The number of imidazole rings is 1. The van der Waals surface area contributed by atoms with Gasteiger partial charge in [-0.1, -0.05) is 43.7 Å². The summed E-state index contributed by atoms with van der Waals surface area (Å²) in [4.78, 5) is 16.5. The molecule has 0 spiro atoms. The largest absolute Gasteiger partial charge is 0.465 e. The standard InChI is InChI=1S/C19H20N2O2/c1-3-4-12-21-17-11-10-15(19(22)23-2)13-16(17)20-18(21)14-8-6-5-7-9-14/h5-11,13H,3-4,12H2,1-2H3. The molecule has 118 valence electrons. The first-order chi connectivity index (χ1) is 11.2. The van der Waals surface area contributed by atoms with Crippen molar-refractivity contribution in [1.82, 2.24) is 9.55 Å². The number of aromatic nitrogens is 2. The summed E-state index contributed by atoms with van der Waals surface area (Å²) < 4.78 is 7.03. The maximum Gasteiger partial charge on any atom is 0.337 e. The lowest BCUT2D eigenvalue weighted by Crippen LogP contribution is -2.02. The van der Waals surface area contributed by atoms with Gasteiger partial charge < -0.3 is 9.30 Å². The first-order valence-corrected chi connectivity index (χ1v) is 7.88. The first kappa shape index (κ1) is 15.3. The van der Waals surface area contributed by atoms with Crippen LogP contribution in [0.3, 0.4) is 0 Å². The molecule has 0 saturated heterocycles. The highest BCUT2D eigenvalue weighted by molar-refractivity contribution is 5.94. The van der Waals surface area contributed by atoms with Gasteiger partial charge in [-0.2, -0.15) is 0 Å². The van der Waals surface area contributed by atoms with Crippen LogP contribution in [0.4, 0.5) is 0 Å². The average molecular weight is 308 g/mol. The Morgan fingerprint density at radius 1 is 1.17 bits per heavy atom. The second kappa shape index (κ2) is 6.65. The SMILES string of the molecule is CCCCn1c(-c2ccccc2)nc2cc(C(=O)OC)ccc21. The molecule has 0 bridgehead atoms. The number of methoxy groups -OCH3 is 1. The number of nitrogens with zero attached hydrogens (tertiary/aromatic N) is 2. The van der Waals surface area contributed by atoms with E-state index < -0.39 is 0 Å². The number of hydrogen-bond donors (Lipinski definition) is 0. The summed E-state index contributed by atoms with van der Waals surface area (Å²) in [7, 11) is 1.39. The molecule has 0 aliphatic heterocycles. The molecule has 0 aliphatic carbocycles. The van der Waals surface area contributed by atoms with E-state index >= 15 is 0 Å². The van der Waals surface area contributed by atoms with Gasteiger partial charge in [-0.15, -0.1) is 0 Å². The number of carbonyl (C=O) groups excluding carboxylic acids is 1. The summed E-state index contributed by atoms with van der Waals surface area (Å²) in [6.45, 7) is 3.09. The Morgan fingerprint density at radius 3 is 2.65 bits per heavy atom. The van der Waals surface area contributed by atoms with E-state index in [1.807, 2.05) is 24.3 Å². The third-order valence-electron chi connectivity index (χ3n) is 3.94. The summed E-state index contributed by atoms with van der Waals surface area (Å²) >= 11 is 0. The average Bonchev–Trinajstić information content (AvgIpc) is 2.97. The molecule has 0 saturated carbocycles. The van der Waals surface area contributed by atoms with Crippen LogP contribution in [-0.4, -0.2) is 22.6 Å². The van der Waals surface area contributed by atoms with Crippen molar-refractivity contribution >= 4 is 17.0 Å². The van der Waals surface area contributed by atoms with E-state index in [0.717, 1.165) is 41.8 Å². The van der Waals surface area contributed by atoms with Crippen molar-refractivity contribution in [2.45, 2.75) is 26.3 Å². The molecule has 0 unspecified atom stereocenters. The summed E-state index contributed by atoms with van der Waals surface area (Å²) in [5.74, 6) is 0.604. The number of esters is 1. The maximum atomic E-state index is 11.7. The van der Waals surface area contributed by atoms with Crippen LogP contribution < -0.4 is 0 Å². The zero-order valence-corrected chi connectivity index (χ0v) is 13.5. The fourth-order valence-corrected chi connectivity index (χ4v) is 2.72. The number of benzene rings is 2. The van der Waals surface area contributed by atoms with Crippen molar-refractivity contribution in [3.05, 3.63) is 54.1 Å². The van der Waals surface area contributed by atoms with Crippen LogP contribution in [0, 0.1) is 0 Å². The van der Waals surface area contributed by atoms with Gasteiger partial charge in [-0.3, -0.25) is 0 Å². The number of aryl methyl sites for hydroxylation is 1. The smallest absolute Gasteiger partial charge is 0.337 e. The van der Waals surface area contributed by atoms with Gasteiger partial charge in [0, 0.05) is 12.1 Å². The monoisotopic (exact) mass is 308 g/mol. The lowest BCUT2D eigenvalue weighted by Gasteiger charge is -2.08. The second-order valence-corrected chi connectivity index (χ2v) is 5.50. The molecule has 0 N–H and O–H groups in total. The van der Waals surface area contributed by atoms with Crippen LogP contribution in [0.1, 0.15) is 30.1 Å². The van der Waals surface area contributed by atoms with Crippen molar-refractivity contribution < 1.29 is 9.53 Å². The van der Waals surface area contributed by atoms with Gasteiger partial charge in [0.15, 0.2) is 0 Å². The fraction of sp³-hybridized carbons (Fsp3) is 0.263. The van der Waals surface area contributed by atoms with Crippen molar-refractivity contribution in [3.63, 3.8) is 0 Å². The zero-order chi connectivity index (χ0) is 16.2. The Kier molecular flexibility index (Phi) is 4.42. The molecule has 0 atom stereocenters. The lowest BCUT2D eigenvalue weighted by molar-refractivity contribution is 0.0601. The first-order valence-electron chi connectivity index (χ1n) is 7.88. The summed E-state index contributed by atoms with van der Waals surface area (Å²) in [5, 5.41) is 0. The Labute approximate surface area is 135 Å². The molecule has 4 heteroatoms. The number of rotatable bonds is 5. The van der Waals surface area contributed by atoms with Gasteiger partial charge in [0.25, 0.3) is 0 Å². The number of fused-ring (bicyclic) bond motifs is 1. The van der Waals surface area contributed by atoms with E-state index in [9.17, 15) is 4.79 Å². The number of ether oxygens (including phenoxy) is 1. The second-order valence-electron chi connectivity index (χ2n) is 5.50. The molecule has 0 fully saturated rings. The van der Waals surface area contributed by atoms with Crippen molar-refractivity contribution in [1.29, 1.82) is 0 Å². The predicted molar refractivity (Wildman–Crippen MR) is 91.4 cm³/mol. The van der Waals surface area contributed by atoms with Crippen molar-refractivity contribution in [3.8, 4) is 11.4 Å². The molecule has 4 nitrogen and oxygen atoms in total. The molecular weight excluding hydrogens is 288 g/mol. The zero-order valence-electron chi connectivity index (χ0n) is 13.5. The minimum Gasteiger partial charge on any atom is -0.465 e. The normalized spacial score (nSPS) is 10.9. The van der Waals surface area contributed by atoms with E-state index in [4.69, 9.17) is 9.72 Å². The quantitative estimate of drug-likeness (QED) is 0.660. The molecule has 3 aromatic rings. The highest BCUT2D eigenvalue weighted by Gasteiger charge is 2.14.